The van der Waals surface area contributed by atoms with Crippen molar-refractivity contribution in [2.24, 2.45) is 0 Å². The van der Waals surface area contributed by atoms with Crippen LogP contribution in [0.3, 0.4) is 0 Å². The van der Waals surface area contributed by atoms with Crippen LogP contribution in [0.25, 0.3) is 0 Å². The van der Waals surface area contributed by atoms with E-state index in [0.29, 0.717) is 18.1 Å². The molecule has 2 aromatic heterocycles. The van der Waals surface area contributed by atoms with Crippen LogP contribution >= 0.6 is 11.6 Å². The molecule has 0 amide bonds. The lowest BCUT2D eigenvalue weighted by Gasteiger charge is -1.99. The van der Waals surface area contributed by atoms with Crippen molar-refractivity contribution in [3.05, 3.63) is 39.6 Å². The number of hydrogen-bond donors (Lipinski definition) is 0. The fourth-order valence-corrected chi connectivity index (χ4v) is 1.31. The van der Waals surface area contributed by atoms with Crippen LogP contribution in [0.1, 0.15) is 18.6 Å². The molecule has 0 fully saturated rings. The molecule has 0 atom stereocenters. The molecule has 7 heteroatoms. The first-order valence-corrected chi connectivity index (χ1v) is 5.10. The van der Waals surface area contributed by atoms with Crippen molar-refractivity contribution in [1.82, 2.24) is 19.7 Å². The minimum absolute atomic E-state index is 0.170. The molecule has 0 aliphatic heterocycles. The Morgan fingerprint density at radius 2 is 2.38 bits per heavy atom. The molecule has 0 N–H and O–H groups in total. The molecule has 2 heterocycles. The van der Waals surface area contributed by atoms with Crippen LogP contribution in [-0.4, -0.2) is 19.7 Å². The van der Waals surface area contributed by atoms with E-state index in [2.05, 4.69) is 15.1 Å². The Morgan fingerprint density at radius 1 is 1.56 bits per heavy atom. The molecule has 6 nitrogen and oxygen atoms in total. The van der Waals surface area contributed by atoms with Gasteiger partial charge in [-0.3, -0.25) is 9.36 Å². The zero-order valence-electron chi connectivity index (χ0n) is 8.55. The predicted octanol–water partition coefficient (Wildman–Crippen LogP) is 0.890. The normalized spacial score (nSPS) is 10.6. The van der Waals surface area contributed by atoms with Gasteiger partial charge >= 0.3 is 0 Å². The molecule has 0 saturated heterocycles. The van der Waals surface area contributed by atoms with Crippen molar-refractivity contribution >= 4 is 11.6 Å². The van der Waals surface area contributed by atoms with Crippen LogP contribution in [0.5, 0.6) is 0 Å². The Hall–Kier alpha value is -1.69. The minimum atomic E-state index is -0.247. The maximum absolute atomic E-state index is 11.5. The Balaban J connectivity index is 2.23. The van der Waals surface area contributed by atoms with Gasteiger partial charge in [0.15, 0.2) is 5.82 Å². The van der Waals surface area contributed by atoms with E-state index < -0.39 is 0 Å². The third-order valence-corrected chi connectivity index (χ3v) is 2.18. The molecule has 0 aliphatic carbocycles. The Labute approximate surface area is 95.9 Å². The van der Waals surface area contributed by atoms with E-state index in [4.69, 9.17) is 16.1 Å². The van der Waals surface area contributed by atoms with Gasteiger partial charge in [-0.1, -0.05) is 23.7 Å². The van der Waals surface area contributed by atoms with E-state index in [0.717, 1.165) is 0 Å². The summed E-state index contributed by atoms with van der Waals surface area (Å²) in [5.74, 6) is 0.994. The summed E-state index contributed by atoms with van der Waals surface area (Å²) in [7, 11) is 0. The third-order valence-electron chi connectivity index (χ3n) is 1.97. The van der Waals surface area contributed by atoms with Gasteiger partial charge in [0, 0.05) is 12.5 Å². The van der Waals surface area contributed by atoms with E-state index >= 15 is 0 Å². The molecule has 0 spiro atoms. The van der Waals surface area contributed by atoms with Crippen LogP contribution in [0, 0.1) is 0 Å². The van der Waals surface area contributed by atoms with E-state index in [9.17, 15) is 4.79 Å². The third kappa shape index (κ3) is 2.27. The molecule has 0 saturated carbocycles. The quantitative estimate of drug-likeness (QED) is 0.745. The van der Waals surface area contributed by atoms with Gasteiger partial charge in [0.25, 0.3) is 5.56 Å². The van der Waals surface area contributed by atoms with Crippen molar-refractivity contribution in [2.75, 3.05) is 0 Å². The summed E-state index contributed by atoms with van der Waals surface area (Å²) >= 11 is 5.57. The summed E-state index contributed by atoms with van der Waals surface area (Å²) < 4.78 is 6.28. The van der Waals surface area contributed by atoms with Crippen molar-refractivity contribution < 1.29 is 4.52 Å². The van der Waals surface area contributed by atoms with Crippen molar-refractivity contribution in [2.45, 2.75) is 19.9 Å². The summed E-state index contributed by atoms with van der Waals surface area (Å²) in [6, 6.07) is 1.24. The fraction of sp³-hybridized carbons (Fsp3) is 0.333. The number of aromatic nitrogens is 4. The van der Waals surface area contributed by atoms with E-state index in [1.54, 1.807) is 0 Å². The summed E-state index contributed by atoms with van der Waals surface area (Å²) in [5, 5.41) is 3.91. The summed E-state index contributed by atoms with van der Waals surface area (Å²) in [4.78, 5) is 19.4. The zero-order chi connectivity index (χ0) is 11.5. The molecule has 0 aromatic carbocycles. The lowest BCUT2D eigenvalue weighted by atomic mass is 10.5. The molecule has 0 radical (unpaired) electrons. The molecular formula is C9H9ClN4O2. The molecule has 16 heavy (non-hydrogen) atoms. The lowest BCUT2D eigenvalue weighted by Crippen LogP contribution is -2.20. The maximum atomic E-state index is 11.5. The topological polar surface area (TPSA) is 73.8 Å². The second-order valence-corrected chi connectivity index (χ2v) is 3.52. The Bertz CT molecular complexity index is 548. The highest BCUT2D eigenvalue weighted by atomic mass is 35.5. The zero-order valence-corrected chi connectivity index (χ0v) is 9.31. The lowest BCUT2D eigenvalue weighted by molar-refractivity contribution is 0.375. The average Bonchev–Trinajstić information content (AvgIpc) is 2.70. The molecule has 0 bridgehead atoms. The first-order chi connectivity index (χ1) is 7.69. The van der Waals surface area contributed by atoms with Crippen LogP contribution in [0.2, 0.25) is 5.15 Å². The smallest absolute Gasteiger partial charge is 0.255 e. The van der Waals surface area contributed by atoms with E-state index in [-0.39, 0.29) is 17.3 Å². The number of hydrogen-bond acceptors (Lipinski definition) is 5. The standard InChI is InChI=1S/C9H9ClN4O2/c1-2-8-12-7(13-16-8)4-14-5-11-6(10)3-9(14)15/h3,5H,2,4H2,1H3. The molecule has 0 aliphatic rings. The van der Waals surface area contributed by atoms with Gasteiger partial charge < -0.3 is 4.52 Å². The van der Waals surface area contributed by atoms with Gasteiger partial charge in [-0.05, 0) is 0 Å². The Kier molecular flexibility index (Phi) is 3.00. The van der Waals surface area contributed by atoms with Crippen LogP contribution in [0.15, 0.2) is 21.7 Å². The van der Waals surface area contributed by atoms with Crippen molar-refractivity contribution in [3.63, 3.8) is 0 Å². The number of nitrogens with zero attached hydrogens (tertiary/aromatic N) is 4. The predicted molar refractivity (Wildman–Crippen MR) is 56.3 cm³/mol. The molecule has 2 aromatic rings. The van der Waals surface area contributed by atoms with Gasteiger partial charge in [0.1, 0.15) is 5.15 Å². The van der Waals surface area contributed by atoms with Gasteiger partial charge in [-0.25, -0.2) is 4.98 Å². The highest BCUT2D eigenvalue weighted by Crippen LogP contribution is 2.01. The van der Waals surface area contributed by atoms with Gasteiger partial charge in [0.05, 0.1) is 12.9 Å². The van der Waals surface area contributed by atoms with Crippen molar-refractivity contribution in [3.8, 4) is 0 Å². The number of rotatable bonds is 3. The number of aryl methyl sites for hydroxylation is 1. The van der Waals surface area contributed by atoms with Gasteiger partial charge in [-0.2, -0.15) is 4.98 Å². The average molecular weight is 241 g/mol. The van der Waals surface area contributed by atoms with E-state index in [1.165, 1.54) is 17.0 Å². The summed E-state index contributed by atoms with van der Waals surface area (Å²) in [6.07, 6.45) is 2.02. The van der Waals surface area contributed by atoms with Crippen LogP contribution < -0.4 is 5.56 Å². The second-order valence-electron chi connectivity index (χ2n) is 3.14. The number of halogens is 1. The minimum Gasteiger partial charge on any atom is -0.339 e. The monoisotopic (exact) mass is 240 g/mol. The molecular weight excluding hydrogens is 232 g/mol. The highest BCUT2D eigenvalue weighted by Gasteiger charge is 2.06. The first-order valence-electron chi connectivity index (χ1n) is 4.72. The van der Waals surface area contributed by atoms with Crippen molar-refractivity contribution in [1.29, 1.82) is 0 Å². The van der Waals surface area contributed by atoms with Gasteiger partial charge in [-0.15, -0.1) is 0 Å². The summed E-state index contributed by atoms with van der Waals surface area (Å²) in [5.41, 5.74) is -0.247. The largest absolute Gasteiger partial charge is 0.339 e. The molecule has 2 rings (SSSR count). The van der Waals surface area contributed by atoms with Crippen LogP contribution in [-0.2, 0) is 13.0 Å². The second kappa shape index (κ2) is 4.44. The highest BCUT2D eigenvalue weighted by molar-refractivity contribution is 6.29. The molecule has 0 unspecified atom stereocenters. The fourth-order valence-electron chi connectivity index (χ4n) is 1.17. The maximum Gasteiger partial charge on any atom is 0.255 e. The van der Waals surface area contributed by atoms with Gasteiger partial charge in [0.2, 0.25) is 5.89 Å². The Morgan fingerprint density at radius 3 is 3.00 bits per heavy atom. The first kappa shape index (κ1) is 10.8. The van der Waals surface area contributed by atoms with Crippen LogP contribution in [0.4, 0.5) is 0 Å². The molecule has 84 valence electrons. The summed E-state index contributed by atoms with van der Waals surface area (Å²) in [6.45, 7) is 2.14. The SMILES string of the molecule is CCc1nc(Cn2cnc(Cl)cc2=O)no1. The van der Waals surface area contributed by atoms with E-state index in [1.807, 2.05) is 6.92 Å².